The van der Waals surface area contributed by atoms with Crippen LogP contribution in [0.25, 0.3) is 11.0 Å². The van der Waals surface area contributed by atoms with Gasteiger partial charge in [0.25, 0.3) is 0 Å². The summed E-state index contributed by atoms with van der Waals surface area (Å²) < 4.78 is 11.3. The predicted molar refractivity (Wildman–Crippen MR) is 131 cm³/mol. The topological polar surface area (TPSA) is 91.9 Å². The molecule has 1 heterocycles. The van der Waals surface area contributed by atoms with Gasteiger partial charge in [0.05, 0.1) is 6.10 Å². The van der Waals surface area contributed by atoms with E-state index in [-0.39, 0.29) is 30.5 Å². The summed E-state index contributed by atoms with van der Waals surface area (Å²) in [5.74, 6) is 0.758. The number of hydrogen-bond donors (Lipinski definition) is 3. The summed E-state index contributed by atoms with van der Waals surface area (Å²) in [4.78, 5) is 12.4. The maximum atomic E-state index is 12.4. The predicted octanol–water partition coefficient (Wildman–Crippen LogP) is 3.68. The Morgan fingerprint density at radius 1 is 1.09 bits per heavy atom. The Bertz CT molecular complexity index is 1130. The second-order valence-electron chi connectivity index (χ2n) is 8.76. The number of ether oxygens (including phenoxy) is 1. The normalized spacial score (nSPS) is 15.9. The molecule has 3 atom stereocenters. The lowest BCUT2D eigenvalue weighted by Crippen LogP contribution is -2.47. The molecule has 0 radical (unpaired) electrons. The van der Waals surface area contributed by atoms with Crippen LogP contribution in [0.15, 0.2) is 51.7 Å². The van der Waals surface area contributed by atoms with E-state index in [0.29, 0.717) is 12.2 Å². The maximum absolute atomic E-state index is 12.4. The molecule has 3 unspecified atom stereocenters. The number of benzene rings is 2. The van der Waals surface area contributed by atoms with Crippen LogP contribution >= 0.6 is 12.4 Å². The minimum atomic E-state index is -1.12. The lowest BCUT2D eigenvalue weighted by molar-refractivity contribution is -0.01000. The van der Waals surface area contributed by atoms with Gasteiger partial charge >= 0.3 is 5.63 Å². The van der Waals surface area contributed by atoms with Gasteiger partial charge in [-0.1, -0.05) is 24.3 Å². The standard InChI is InChI=1S/C26H31NO5.ClH/c1-16-12-18(24-20-10-6-7-11-21(20)26(30)32-23(24)13-16)14-22(28)25(29)27-17(2)15-31-19-8-4-3-5-9-19;/h3-5,8-9,12-13,17,22,25,27-29H,6-7,10-11,14-15H2,1-2H3;1H. The quantitative estimate of drug-likeness (QED) is 0.341. The third kappa shape index (κ3) is 5.95. The first-order valence-electron chi connectivity index (χ1n) is 11.3. The van der Waals surface area contributed by atoms with Crippen LogP contribution in [0.3, 0.4) is 0 Å². The molecular formula is C26H32ClNO5. The number of para-hydroxylation sites is 1. The zero-order valence-corrected chi connectivity index (χ0v) is 19.9. The first-order chi connectivity index (χ1) is 15.4. The van der Waals surface area contributed by atoms with Crippen molar-refractivity contribution in [3.05, 3.63) is 75.1 Å². The van der Waals surface area contributed by atoms with E-state index < -0.39 is 12.3 Å². The third-order valence-electron chi connectivity index (χ3n) is 6.04. The molecule has 33 heavy (non-hydrogen) atoms. The van der Waals surface area contributed by atoms with Crippen LogP contribution in [0.4, 0.5) is 0 Å². The summed E-state index contributed by atoms with van der Waals surface area (Å²) in [6, 6.07) is 13.2. The maximum Gasteiger partial charge on any atom is 0.339 e. The Balaban J connectivity index is 0.00000306. The summed E-state index contributed by atoms with van der Waals surface area (Å²) in [5.41, 5.74) is 3.95. The molecule has 0 aliphatic heterocycles. The second-order valence-corrected chi connectivity index (χ2v) is 8.76. The van der Waals surface area contributed by atoms with Crippen molar-refractivity contribution in [1.29, 1.82) is 0 Å². The van der Waals surface area contributed by atoms with Gasteiger partial charge in [0, 0.05) is 23.4 Å². The molecule has 0 spiro atoms. The summed E-state index contributed by atoms with van der Waals surface area (Å²) >= 11 is 0. The Hall–Kier alpha value is -2.38. The smallest absolute Gasteiger partial charge is 0.339 e. The molecule has 3 aromatic rings. The fraction of sp³-hybridized carbons (Fsp3) is 0.423. The number of aliphatic hydroxyl groups is 2. The molecule has 3 N–H and O–H groups in total. The Labute approximate surface area is 200 Å². The number of nitrogens with one attached hydrogen (secondary N) is 1. The molecule has 178 valence electrons. The van der Waals surface area contributed by atoms with Crippen LogP contribution in [-0.4, -0.2) is 35.2 Å². The van der Waals surface area contributed by atoms with Crippen LogP contribution in [0, 0.1) is 6.92 Å². The van der Waals surface area contributed by atoms with Crippen LogP contribution in [-0.2, 0) is 19.3 Å². The average Bonchev–Trinajstić information content (AvgIpc) is 2.78. The first-order valence-corrected chi connectivity index (χ1v) is 11.3. The first kappa shape index (κ1) is 25.2. The van der Waals surface area contributed by atoms with E-state index in [1.54, 1.807) is 0 Å². The molecule has 0 bridgehead atoms. The van der Waals surface area contributed by atoms with Crippen molar-refractivity contribution in [1.82, 2.24) is 5.32 Å². The summed E-state index contributed by atoms with van der Waals surface area (Å²) in [7, 11) is 0. The summed E-state index contributed by atoms with van der Waals surface area (Å²) in [5, 5.41) is 25.3. The van der Waals surface area contributed by atoms with E-state index in [9.17, 15) is 15.0 Å². The summed E-state index contributed by atoms with van der Waals surface area (Å²) in [6.45, 7) is 4.19. The molecule has 7 heteroatoms. The Morgan fingerprint density at radius 2 is 1.79 bits per heavy atom. The third-order valence-corrected chi connectivity index (χ3v) is 6.04. The van der Waals surface area contributed by atoms with Crippen LogP contribution in [0.1, 0.15) is 42.0 Å². The number of aliphatic hydroxyl groups excluding tert-OH is 2. The molecule has 0 fully saturated rings. The Kier molecular flexibility index (Phi) is 8.54. The number of halogens is 1. The lowest BCUT2D eigenvalue weighted by Gasteiger charge is -2.25. The molecule has 6 nitrogen and oxygen atoms in total. The number of fused-ring (bicyclic) bond motifs is 3. The van der Waals surface area contributed by atoms with Crippen LogP contribution in [0.2, 0.25) is 0 Å². The van der Waals surface area contributed by atoms with Crippen molar-refractivity contribution in [2.75, 3.05) is 6.61 Å². The van der Waals surface area contributed by atoms with Gasteiger partial charge in [0.2, 0.25) is 0 Å². The van der Waals surface area contributed by atoms with Gasteiger partial charge in [-0.2, -0.15) is 0 Å². The van der Waals surface area contributed by atoms with E-state index >= 15 is 0 Å². The monoisotopic (exact) mass is 473 g/mol. The number of rotatable bonds is 8. The van der Waals surface area contributed by atoms with E-state index in [1.165, 1.54) is 0 Å². The molecule has 2 aromatic carbocycles. The van der Waals surface area contributed by atoms with Crippen molar-refractivity contribution in [2.45, 2.75) is 64.3 Å². The van der Waals surface area contributed by atoms with E-state index in [0.717, 1.165) is 59.1 Å². The van der Waals surface area contributed by atoms with Crippen molar-refractivity contribution in [3.63, 3.8) is 0 Å². The van der Waals surface area contributed by atoms with Gasteiger partial charge in [0.1, 0.15) is 24.2 Å². The highest BCUT2D eigenvalue weighted by atomic mass is 35.5. The molecule has 1 aliphatic carbocycles. The molecule has 1 aromatic heterocycles. The molecule has 1 aliphatic rings. The molecule has 4 rings (SSSR count). The van der Waals surface area contributed by atoms with Gasteiger partial charge in [-0.05, 0) is 74.4 Å². The van der Waals surface area contributed by atoms with Gasteiger partial charge in [-0.15, -0.1) is 12.4 Å². The van der Waals surface area contributed by atoms with Crippen molar-refractivity contribution in [2.24, 2.45) is 0 Å². The van der Waals surface area contributed by atoms with E-state index in [4.69, 9.17) is 9.15 Å². The van der Waals surface area contributed by atoms with E-state index in [1.807, 2.05) is 56.3 Å². The zero-order valence-electron chi connectivity index (χ0n) is 19.0. The largest absolute Gasteiger partial charge is 0.492 e. The highest BCUT2D eigenvalue weighted by molar-refractivity contribution is 5.86. The molecule has 0 amide bonds. The molecule has 0 saturated carbocycles. The number of hydrogen-bond acceptors (Lipinski definition) is 6. The lowest BCUT2D eigenvalue weighted by atomic mass is 9.87. The molecular weight excluding hydrogens is 442 g/mol. The van der Waals surface area contributed by atoms with Crippen molar-refractivity contribution < 1.29 is 19.4 Å². The zero-order chi connectivity index (χ0) is 22.7. The van der Waals surface area contributed by atoms with Gasteiger partial charge in [-0.25, -0.2) is 4.79 Å². The SMILES string of the molecule is Cc1cc(CC(O)C(O)NC(C)COc2ccccc2)c2c3c(c(=O)oc2c1)CCCC3.Cl. The summed E-state index contributed by atoms with van der Waals surface area (Å²) in [6.07, 6.45) is 1.68. The average molecular weight is 474 g/mol. The second kappa shape index (κ2) is 11.2. The van der Waals surface area contributed by atoms with E-state index in [2.05, 4.69) is 5.32 Å². The van der Waals surface area contributed by atoms with Gasteiger partial charge in [0.15, 0.2) is 0 Å². The number of aryl methyl sites for hydroxylation is 2. The van der Waals surface area contributed by atoms with Gasteiger partial charge in [-0.3, -0.25) is 5.32 Å². The minimum Gasteiger partial charge on any atom is -0.492 e. The highest BCUT2D eigenvalue weighted by Gasteiger charge is 2.24. The fourth-order valence-electron chi connectivity index (χ4n) is 4.50. The highest BCUT2D eigenvalue weighted by Crippen LogP contribution is 2.31. The van der Waals surface area contributed by atoms with Crippen molar-refractivity contribution in [3.8, 4) is 5.75 Å². The fourth-order valence-corrected chi connectivity index (χ4v) is 4.50. The minimum absolute atomic E-state index is 0. The van der Waals surface area contributed by atoms with Gasteiger partial charge < -0.3 is 19.4 Å². The van der Waals surface area contributed by atoms with Crippen LogP contribution in [0.5, 0.6) is 5.75 Å². The van der Waals surface area contributed by atoms with Crippen molar-refractivity contribution >= 4 is 23.4 Å². The van der Waals surface area contributed by atoms with Crippen LogP contribution < -0.4 is 15.7 Å². The Morgan fingerprint density at radius 3 is 2.52 bits per heavy atom. The molecule has 0 saturated heterocycles.